The topological polar surface area (TPSA) is 349 Å². The lowest BCUT2D eigenvalue weighted by Gasteiger charge is -2.40. The molecule has 0 unspecified atom stereocenters. The molecule has 5 heterocycles. The van der Waals surface area contributed by atoms with Crippen molar-refractivity contribution in [2.24, 2.45) is 0 Å². The molecule has 3 saturated heterocycles. The van der Waals surface area contributed by atoms with E-state index in [1.807, 2.05) is 0 Å². The van der Waals surface area contributed by atoms with Gasteiger partial charge in [-0.3, -0.25) is 0 Å². The smallest absolute Gasteiger partial charge is 0.180 e. The molecule has 3 aliphatic heterocycles. The zero-order valence-corrected chi connectivity index (χ0v) is 32.9. The lowest BCUT2D eigenvalue weighted by Crippen LogP contribution is -2.57. The average molecular weight is 875 g/mol. The van der Waals surface area contributed by atoms with Crippen molar-refractivity contribution in [3.05, 3.63) is 23.8 Å². The van der Waals surface area contributed by atoms with Crippen LogP contribution >= 0.6 is 23.5 Å². The van der Waals surface area contributed by atoms with Gasteiger partial charge in [-0.2, -0.15) is 0 Å². The minimum atomic E-state index is -1.58. The summed E-state index contributed by atoms with van der Waals surface area (Å²) in [7, 11) is 0. The lowest BCUT2D eigenvalue weighted by molar-refractivity contribution is -0.251. The number of aliphatic hydroxyl groups excluding tert-OH is 11. The van der Waals surface area contributed by atoms with Gasteiger partial charge in [0.15, 0.2) is 6.23 Å². The van der Waals surface area contributed by atoms with Crippen LogP contribution in [0.3, 0.4) is 0 Å². The van der Waals surface area contributed by atoms with E-state index in [-0.39, 0.29) is 59.4 Å². The number of ether oxygens (including phenoxy) is 7. The molecule has 0 aromatic carbocycles. The van der Waals surface area contributed by atoms with Crippen LogP contribution in [0.2, 0.25) is 0 Å². The molecule has 26 heteroatoms. The molecular formula is C32H54N6O18S2. The highest BCUT2D eigenvalue weighted by atomic mass is 32.2. The van der Waals surface area contributed by atoms with Gasteiger partial charge in [-0.05, 0) is 0 Å². The normalized spacial score (nSPS) is 35.7. The molecule has 2 aromatic rings. The fraction of sp³-hybridized carbons (Fsp3) is 0.875. The molecular weight excluding hydrogens is 821 g/mol. The Morgan fingerprint density at radius 2 is 0.983 bits per heavy atom. The summed E-state index contributed by atoms with van der Waals surface area (Å²) < 4.78 is 41.7. The first-order valence-corrected chi connectivity index (χ1v) is 20.7. The van der Waals surface area contributed by atoms with E-state index in [1.54, 1.807) is 6.20 Å². The highest BCUT2D eigenvalue weighted by Crippen LogP contribution is 2.31. The van der Waals surface area contributed by atoms with Crippen LogP contribution in [0.15, 0.2) is 12.4 Å². The van der Waals surface area contributed by atoms with E-state index < -0.39 is 104 Å². The van der Waals surface area contributed by atoms with Gasteiger partial charge in [0.25, 0.3) is 0 Å². The minimum absolute atomic E-state index is 0.0324. The van der Waals surface area contributed by atoms with E-state index in [0.717, 1.165) is 0 Å². The maximum atomic E-state index is 10.7. The van der Waals surface area contributed by atoms with Crippen LogP contribution in [-0.2, 0) is 52.9 Å². The van der Waals surface area contributed by atoms with Gasteiger partial charge in [0, 0.05) is 11.5 Å². The Morgan fingerprint density at radius 3 is 1.52 bits per heavy atom. The third-order valence-corrected chi connectivity index (χ3v) is 11.7. The summed E-state index contributed by atoms with van der Waals surface area (Å²) in [4.78, 5) is 0. The van der Waals surface area contributed by atoms with Gasteiger partial charge in [-0.1, -0.05) is 10.4 Å². The van der Waals surface area contributed by atoms with Crippen molar-refractivity contribution < 1.29 is 89.3 Å². The van der Waals surface area contributed by atoms with Crippen LogP contribution in [0, 0.1) is 0 Å². The SMILES string of the molecule is OC[C@H]1O[C@@H](SCCOCCOCc2cn(C[C@H]3O[C@@H](n4cc(COCCOCCS[C@@H]5O[C@H](CO)[C@H](O)[C@H](O)[C@H]5O)nn4)[C@H](O)[C@@H](O)[C@@H]3O)nn2)[C@H](O)[C@@H](O)[C@H]1O. The van der Waals surface area contributed by atoms with Gasteiger partial charge in [-0.15, -0.1) is 33.7 Å². The Hall–Kier alpha value is -1.74. The van der Waals surface area contributed by atoms with Crippen LogP contribution in [0.1, 0.15) is 17.6 Å². The maximum absolute atomic E-state index is 10.7. The summed E-state index contributed by atoms with van der Waals surface area (Å²) in [5.41, 5.74) is -0.809. The molecule has 58 heavy (non-hydrogen) atoms. The molecule has 15 atom stereocenters. The van der Waals surface area contributed by atoms with E-state index >= 15 is 0 Å². The quantitative estimate of drug-likeness (QED) is 0.0463. The Kier molecular flexibility index (Phi) is 19.1. The number of rotatable bonds is 23. The van der Waals surface area contributed by atoms with Gasteiger partial charge < -0.3 is 89.3 Å². The summed E-state index contributed by atoms with van der Waals surface area (Å²) in [5, 5.41) is 126. The third kappa shape index (κ3) is 12.7. The molecule has 0 amide bonds. The Balaban J connectivity index is 0.950. The van der Waals surface area contributed by atoms with Crippen molar-refractivity contribution in [2.75, 3.05) is 64.4 Å². The van der Waals surface area contributed by atoms with Crippen molar-refractivity contribution in [1.82, 2.24) is 30.0 Å². The van der Waals surface area contributed by atoms with E-state index in [9.17, 15) is 56.2 Å². The van der Waals surface area contributed by atoms with Crippen LogP contribution in [0.5, 0.6) is 0 Å². The van der Waals surface area contributed by atoms with E-state index in [0.29, 0.717) is 22.9 Å². The highest BCUT2D eigenvalue weighted by molar-refractivity contribution is 8.00. The van der Waals surface area contributed by atoms with Crippen molar-refractivity contribution in [2.45, 2.75) is 110 Å². The first-order chi connectivity index (χ1) is 27.9. The molecule has 0 aliphatic carbocycles. The van der Waals surface area contributed by atoms with Crippen molar-refractivity contribution >= 4 is 23.5 Å². The van der Waals surface area contributed by atoms with Gasteiger partial charge in [0.1, 0.15) is 95.5 Å². The molecule has 24 nitrogen and oxygen atoms in total. The van der Waals surface area contributed by atoms with Crippen molar-refractivity contribution in [1.29, 1.82) is 0 Å². The number of hydrogen-bond donors (Lipinski definition) is 11. The Morgan fingerprint density at radius 1 is 0.517 bits per heavy atom. The van der Waals surface area contributed by atoms with E-state index in [4.69, 9.17) is 33.2 Å². The summed E-state index contributed by atoms with van der Waals surface area (Å²) in [6.07, 6.45) is -14.0. The van der Waals surface area contributed by atoms with Gasteiger partial charge >= 0.3 is 0 Å². The van der Waals surface area contributed by atoms with Gasteiger partial charge in [0.05, 0.1) is 85.0 Å². The molecule has 3 aliphatic rings. The molecule has 332 valence electrons. The largest absolute Gasteiger partial charge is 0.394 e. The third-order valence-electron chi connectivity index (χ3n) is 9.42. The minimum Gasteiger partial charge on any atom is -0.394 e. The first kappa shape index (κ1) is 47.3. The second kappa shape index (κ2) is 23.5. The van der Waals surface area contributed by atoms with Crippen molar-refractivity contribution in [3.63, 3.8) is 0 Å². The maximum Gasteiger partial charge on any atom is 0.180 e. The van der Waals surface area contributed by atoms with E-state index in [2.05, 4.69) is 20.6 Å². The summed E-state index contributed by atoms with van der Waals surface area (Å²) >= 11 is 2.35. The van der Waals surface area contributed by atoms with Gasteiger partial charge in [-0.25, -0.2) is 9.36 Å². The molecule has 5 rings (SSSR count). The molecule has 2 aromatic heterocycles. The number of aromatic nitrogens is 6. The van der Waals surface area contributed by atoms with Crippen LogP contribution < -0.4 is 0 Å². The number of aliphatic hydroxyl groups is 11. The van der Waals surface area contributed by atoms with Gasteiger partial charge in [0.2, 0.25) is 0 Å². The predicted octanol–water partition coefficient (Wildman–Crippen LogP) is -6.32. The number of nitrogens with zero attached hydrogens (tertiary/aromatic N) is 6. The molecule has 0 bridgehead atoms. The number of hydrogen-bond acceptors (Lipinski definition) is 24. The summed E-state index contributed by atoms with van der Waals surface area (Å²) in [6.45, 7) is 0.560. The van der Waals surface area contributed by atoms with E-state index in [1.165, 1.54) is 39.1 Å². The summed E-state index contributed by atoms with van der Waals surface area (Å²) in [5.74, 6) is 0.806. The standard InChI is InChI=1S/C32H54N6O18S2/c39-12-19-22(42)25(45)28(48)31(55-19)57-7-5-50-1-3-52-14-16-9-37(35-33-16)11-18-21(41)24(44)27(47)30(54-18)38-10-17(34-36-38)15-53-4-2-51-6-8-58-32-29(49)26(46)23(43)20(13-40)56-32/h9-10,18-32,39-49H,1-8,11-15H2/t18-,19-,20-,21-,22+,23+,24+,25+,26+,27-,28-,29-,30-,31+,32+/m1/s1. The van der Waals surface area contributed by atoms with Crippen LogP contribution in [0.4, 0.5) is 0 Å². The summed E-state index contributed by atoms with van der Waals surface area (Å²) in [6, 6.07) is 0. The average Bonchev–Trinajstić information content (AvgIpc) is 3.89. The first-order valence-electron chi connectivity index (χ1n) is 18.6. The zero-order valence-electron chi connectivity index (χ0n) is 31.3. The molecule has 0 spiro atoms. The molecule has 3 fully saturated rings. The second-order valence-electron chi connectivity index (χ2n) is 13.6. The molecule has 0 saturated carbocycles. The fourth-order valence-corrected chi connectivity index (χ4v) is 8.18. The zero-order chi connectivity index (χ0) is 41.8. The number of thioether (sulfide) groups is 2. The van der Waals surface area contributed by atoms with Crippen LogP contribution in [0.25, 0.3) is 0 Å². The highest BCUT2D eigenvalue weighted by Gasteiger charge is 2.46. The van der Waals surface area contributed by atoms with Crippen LogP contribution in [-0.4, -0.2) is 235 Å². The lowest BCUT2D eigenvalue weighted by atomic mass is 9.98. The Labute approximate surface area is 340 Å². The Bertz CT molecular complexity index is 1470. The van der Waals surface area contributed by atoms with Crippen molar-refractivity contribution in [3.8, 4) is 0 Å². The molecule has 0 radical (unpaired) electrons. The molecule has 11 N–H and O–H groups in total. The second-order valence-corrected chi connectivity index (χ2v) is 16.0. The predicted molar refractivity (Wildman–Crippen MR) is 195 cm³/mol. The fourth-order valence-electron chi connectivity index (χ4n) is 6.13. The monoisotopic (exact) mass is 874 g/mol.